The van der Waals surface area contributed by atoms with Crippen molar-refractivity contribution in [2.24, 2.45) is 11.1 Å². The zero-order chi connectivity index (χ0) is 20.9. The molecule has 7 nitrogen and oxygen atoms in total. The maximum atomic E-state index is 14.3. The molecule has 0 aliphatic carbocycles. The van der Waals surface area contributed by atoms with Gasteiger partial charge in [-0.1, -0.05) is 11.8 Å². The Kier molecular flexibility index (Phi) is 4.74. The van der Waals surface area contributed by atoms with E-state index in [1.54, 1.807) is 25.4 Å². The molecule has 2 aliphatic heterocycles. The molecule has 0 bridgehead atoms. The van der Waals surface area contributed by atoms with E-state index in [1.165, 1.54) is 11.8 Å². The minimum absolute atomic E-state index is 0.0347. The summed E-state index contributed by atoms with van der Waals surface area (Å²) >= 11 is 1.29. The predicted octanol–water partition coefficient (Wildman–Crippen LogP) is 3.28. The van der Waals surface area contributed by atoms with Crippen LogP contribution in [-0.4, -0.2) is 37.8 Å². The zero-order valence-electron chi connectivity index (χ0n) is 17.0. The molecule has 30 heavy (non-hydrogen) atoms. The second kappa shape index (κ2) is 7.31. The molecule has 2 N–H and O–H groups in total. The highest BCUT2D eigenvalue weighted by molar-refractivity contribution is 7.99. The first kappa shape index (κ1) is 19.4. The number of aryl methyl sites for hydroxylation is 2. The lowest BCUT2D eigenvalue weighted by Crippen LogP contribution is -2.45. The van der Waals surface area contributed by atoms with Crippen LogP contribution in [0.4, 0.5) is 10.2 Å². The number of rotatable bonds is 3. The van der Waals surface area contributed by atoms with E-state index in [0.717, 1.165) is 49.7 Å². The van der Waals surface area contributed by atoms with Gasteiger partial charge in [0.05, 0.1) is 34.2 Å². The average molecular weight is 426 g/mol. The number of hydrogen-bond donors (Lipinski definition) is 1. The maximum Gasteiger partial charge on any atom is 0.158 e. The molecule has 5 heterocycles. The van der Waals surface area contributed by atoms with Crippen LogP contribution >= 0.6 is 11.8 Å². The van der Waals surface area contributed by atoms with Crippen LogP contribution < -0.4 is 10.6 Å². The minimum Gasteiger partial charge on any atom is -0.355 e. The van der Waals surface area contributed by atoms with Crippen molar-refractivity contribution >= 4 is 17.6 Å². The van der Waals surface area contributed by atoms with E-state index in [1.807, 2.05) is 19.2 Å². The molecule has 0 aromatic carbocycles. The molecule has 1 saturated heterocycles. The normalized spacial score (nSPS) is 20.0. The fraction of sp³-hybridized carbons (Fsp3) is 0.429. The summed E-state index contributed by atoms with van der Waals surface area (Å²) in [5.74, 6) is 0.560. The number of anilines is 1. The fourth-order valence-electron chi connectivity index (χ4n) is 4.52. The van der Waals surface area contributed by atoms with Crippen LogP contribution in [0.1, 0.15) is 36.0 Å². The third-order valence-corrected chi connectivity index (χ3v) is 7.53. The molecule has 0 amide bonds. The highest BCUT2D eigenvalue weighted by atomic mass is 32.2. The summed E-state index contributed by atoms with van der Waals surface area (Å²) in [4.78, 5) is 16.1. The van der Waals surface area contributed by atoms with Crippen molar-refractivity contribution in [3.05, 3.63) is 53.6 Å². The number of piperidine rings is 1. The number of nitrogens with two attached hydrogens (primary N) is 1. The van der Waals surface area contributed by atoms with Gasteiger partial charge in [-0.2, -0.15) is 5.10 Å². The van der Waals surface area contributed by atoms with E-state index in [0.29, 0.717) is 15.6 Å². The molecule has 1 atom stereocenters. The lowest BCUT2D eigenvalue weighted by molar-refractivity contribution is 0.170. The van der Waals surface area contributed by atoms with Crippen molar-refractivity contribution < 1.29 is 4.39 Å². The van der Waals surface area contributed by atoms with Crippen molar-refractivity contribution in [1.82, 2.24) is 24.7 Å². The highest BCUT2D eigenvalue weighted by Gasteiger charge is 2.47. The van der Waals surface area contributed by atoms with Crippen molar-refractivity contribution in [2.75, 3.05) is 18.0 Å². The maximum absolute atomic E-state index is 14.3. The van der Waals surface area contributed by atoms with Gasteiger partial charge in [-0.25, -0.2) is 14.4 Å². The van der Waals surface area contributed by atoms with Gasteiger partial charge >= 0.3 is 0 Å². The predicted molar refractivity (Wildman–Crippen MR) is 113 cm³/mol. The van der Waals surface area contributed by atoms with Gasteiger partial charge in [0.25, 0.3) is 0 Å². The van der Waals surface area contributed by atoms with Crippen LogP contribution in [0.15, 0.2) is 40.6 Å². The largest absolute Gasteiger partial charge is 0.355 e. The van der Waals surface area contributed by atoms with Gasteiger partial charge < -0.3 is 10.6 Å². The Morgan fingerprint density at radius 2 is 1.93 bits per heavy atom. The molecule has 156 valence electrons. The smallest absolute Gasteiger partial charge is 0.158 e. The highest BCUT2D eigenvalue weighted by Crippen LogP contribution is 2.47. The van der Waals surface area contributed by atoms with Gasteiger partial charge in [-0.15, -0.1) is 0 Å². The number of aromatic nitrogens is 5. The SMILES string of the molecule is Cc1nc(N2CCC3(CC2)Cn2nccc2C3N)cnc1Sc1ccnc(C)c1F. The molecule has 0 saturated carbocycles. The molecule has 2 aliphatic rings. The standard InChI is InChI=1S/C21H24FN7S/c1-13-18(22)16(4-7-24-13)30-20-14(2)27-17(11-25-20)28-9-5-21(6-10-28)12-29-15(19(21)23)3-8-26-29/h3-4,7-8,11,19H,5-6,9-10,12,23H2,1-2H3. The van der Waals surface area contributed by atoms with Gasteiger partial charge in [0.15, 0.2) is 5.82 Å². The van der Waals surface area contributed by atoms with Crippen molar-refractivity contribution in [2.45, 2.75) is 49.2 Å². The molecule has 1 unspecified atom stereocenters. The third kappa shape index (κ3) is 3.16. The summed E-state index contributed by atoms with van der Waals surface area (Å²) in [6.07, 6.45) is 7.22. The van der Waals surface area contributed by atoms with E-state index in [-0.39, 0.29) is 17.3 Å². The second-order valence-electron chi connectivity index (χ2n) is 8.17. The van der Waals surface area contributed by atoms with Gasteiger partial charge in [0.2, 0.25) is 0 Å². The summed E-state index contributed by atoms with van der Waals surface area (Å²) in [6, 6.07) is 3.74. The number of pyridine rings is 1. The van der Waals surface area contributed by atoms with Crippen molar-refractivity contribution in [1.29, 1.82) is 0 Å². The second-order valence-corrected chi connectivity index (χ2v) is 9.20. The van der Waals surface area contributed by atoms with Crippen LogP contribution in [0.3, 0.4) is 0 Å². The van der Waals surface area contributed by atoms with Crippen molar-refractivity contribution in [3.63, 3.8) is 0 Å². The van der Waals surface area contributed by atoms with Crippen LogP contribution in [0.5, 0.6) is 0 Å². The Morgan fingerprint density at radius 3 is 2.67 bits per heavy atom. The van der Waals surface area contributed by atoms with E-state index in [4.69, 9.17) is 10.7 Å². The molecule has 0 radical (unpaired) electrons. The van der Waals surface area contributed by atoms with E-state index >= 15 is 0 Å². The third-order valence-electron chi connectivity index (χ3n) is 6.40. The van der Waals surface area contributed by atoms with Crippen LogP contribution in [-0.2, 0) is 6.54 Å². The quantitative estimate of drug-likeness (QED) is 0.689. The lowest BCUT2D eigenvalue weighted by atomic mass is 9.73. The molecule has 3 aromatic rings. The molecule has 1 spiro atoms. The summed E-state index contributed by atoms with van der Waals surface area (Å²) in [7, 11) is 0. The number of halogens is 1. The Morgan fingerprint density at radius 1 is 1.13 bits per heavy atom. The lowest BCUT2D eigenvalue weighted by Gasteiger charge is -2.41. The Bertz CT molecular complexity index is 1090. The first-order valence-electron chi connectivity index (χ1n) is 10.1. The zero-order valence-corrected chi connectivity index (χ0v) is 17.9. The topological polar surface area (TPSA) is 85.8 Å². The van der Waals surface area contributed by atoms with Gasteiger partial charge in [0.1, 0.15) is 10.8 Å². The molecular weight excluding hydrogens is 401 g/mol. The van der Waals surface area contributed by atoms with Gasteiger partial charge in [-0.3, -0.25) is 9.67 Å². The molecule has 9 heteroatoms. The van der Waals surface area contributed by atoms with Crippen LogP contribution in [0.25, 0.3) is 0 Å². The molecule has 1 fully saturated rings. The Labute approximate surface area is 178 Å². The van der Waals surface area contributed by atoms with E-state index in [9.17, 15) is 4.39 Å². The summed E-state index contributed by atoms with van der Waals surface area (Å²) in [5, 5.41) is 5.12. The monoisotopic (exact) mass is 425 g/mol. The summed E-state index contributed by atoms with van der Waals surface area (Å²) in [5.41, 5.74) is 8.98. The Hall–Kier alpha value is -2.52. The first-order chi connectivity index (χ1) is 14.5. The van der Waals surface area contributed by atoms with Gasteiger partial charge in [-0.05, 0) is 38.8 Å². The van der Waals surface area contributed by atoms with Gasteiger partial charge in [0, 0.05) is 37.4 Å². The number of fused-ring (bicyclic) bond motifs is 1. The number of nitrogens with zero attached hydrogens (tertiary/aromatic N) is 6. The fourth-order valence-corrected chi connectivity index (χ4v) is 5.39. The molecule has 3 aromatic heterocycles. The molecular formula is C21H24FN7S. The van der Waals surface area contributed by atoms with Crippen LogP contribution in [0, 0.1) is 25.1 Å². The first-order valence-corrected chi connectivity index (χ1v) is 10.9. The van der Waals surface area contributed by atoms with Crippen molar-refractivity contribution in [3.8, 4) is 0 Å². The average Bonchev–Trinajstić information content (AvgIpc) is 3.29. The van der Waals surface area contributed by atoms with Crippen LogP contribution in [0.2, 0.25) is 0 Å². The molecule has 5 rings (SSSR count). The van der Waals surface area contributed by atoms with E-state index in [2.05, 4.69) is 24.6 Å². The number of hydrogen-bond acceptors (Lipinski definition) is 7. The minimum atomic E-state index is -0.304. The van der Waals surface area contributed by atoms with E-state index < -0.39 is 0 Å². The summed E-state index contributed by atoms with van der Waals surface area (Å²) in [6.45, 7) is 6.24. The Balaban J connectivity index is 1.29. The summed E-state index contributed by atoms with van der Waals surface area (Å²) < 4.78 is 16.3.